The Kier molecular flexibility index (Phi) is 4.73. The number of hydrogen-bond acceptors (Lipinski definition) is 5. The topological polar surface area (TPSA) is 74.5 Å². The number of rotatable bonds is 2. The molecule has 4 nitrogen and oxygen atoms in total. The Morgan fingerprint density at radius 3 is 2.29 bits per heavy atom. The maximum atomic E-state index is 12.7. The van der Waals surface area contributed by atoms with E-state index in [0.717, 1.165) is 6.07 Å². The van der Waals surface area contributed by atoms with Crippen LogP contribution in [0.3, 0.4) is 0 Å². The quantitative estimate of drug-likeness (QED) is 0.668. The molecule has 1 aromatic carbocycles. The first-order chi connectivity index (χ1) is 10.9. The Balaban J connectivity index is 2.56. The zero-order chi connectivity index (χ0) is 18.3. The van der Waals surface area contributed by atoms with Crippen molar-refractivity contribution in [3.63, 3.8) is 0 Å². The largest absolute Gasteiger partial charge is 0.446 e. The zero-order valence-corrected chi connectivity index (χ0v) is 13.6. The summed E-state index contributed by atoms with van der Waals surface area (Å²) in [7, 11) is 0. The molecule has 0 aliphatic carbocycles. The number of halogens is 7. The van der Waals surface area contributed by atoms with Gasteiger partial charge in [0.15, 0.2) is 11.4 Å². The SMILES string of the molecule is N#CC1=C(SC(F)(F)F)C(N)(c2ccc(C(F)(F)F)cc2Br)N=N1. The molecule has 2 rings (SSSR count). The summed E-state index contributed by atoms with van der Waals surface area (Å²) >= 11 is 2.17. The van der Waals surface area contributed by atoms with Crippen LogP contribution in [0.4, 0.5) is 26.3 Å². The Labute approximate surface area is 143 Å². The van der Waals surface area contributed by atoms with Gasteiger partial charge in [0, 0.05) is 10.0 Å². The summed E-state index contributed by atoms with van der Waals surface area (Å²) < 4.78 is 76.0. The highest BCUT2D eigenvalue weighted by Gasteiger charge is 2.47. The molecule has 0 saturated carbocycles. The third kappa shape index (κ3) is 3.57. The molecule has 0 aromatic heterocycles. The maximum Gasteiger partial charge on any atom is 0.446 e. The third-order valence-electron chi connectivity index (χ3n) is 2.90. The Morgan fingerprint density at radius 2 is 1.83 bits per heavy atom. The highest BCUT2D eigenvalue weighted by atomic mass is 79.9. The van der Waals surface area contributed by atoms with Gasteiger partial charge in [0.2, 0.25) is 0 Å². The van der Waals surface area contributed by atoms with E-state index in [-0.39, 0.29) is 10.0 Å². The average molecular weight is 431 g/mol. The van der Waals surface area contributed by atoms with Gasteiger partial charge in [0.25, 0.3) is 0 Å². The van der Waals surface area contributed by atoms with E-state index in [1.807, 2.05) is 0 Å². The predicted molar refractivity (Wildman–Crippen MR) is 76.2 cm³/mol. The van der Waals surface area contributed by atoms with Crippen LogP contribution in [0.25, 0.3) is 0 Å². The number of hydrogen-bond donors (Lipinski definition) is 1. The molecule has 1 atom stereocenters. The summed E-state index contributed by atoms with van der Waals surface area (Å²) in [6, 6.07) is 3.66. The van der Waals surface area contributed by atoms with Gasteiger partial charge in [-0.3, -0.25) is 5.73 Å². The molecule has 1 unspecified atom stereocenters. The predicted octanol–water partition coefficient (Wildman–Crippen LogP) is 5.03. The van der Waals surface area contributed by atoms with Gasteiger partial charge >= 0.3 is 11.7 Å². The van der Waals surface area contributed by atoms with Gasteiger partial charge in [-0.2, -0.15) is 36.7 Å². The van der Waals surface area contributed by atoms with Crippen molar-refractivity contribution in [2.24, 2.45) is 16.0 Å². The summed E-state index contributed by atoms with van der Waals surface area (Å²) in [5.41, 5.74) is -2.99. The lowest BCUT2D eigenvalue weighted by Crippen LogP contribution is -2.35. The minimum absolute atomic E-state index is 0.184. The van der Waals surface area contributed by atoms with Gasteiger partial charge in [-0.1, -0.05) is 22.0 Å². The van der Waals surface area contributed by atoms with Gasteiger partial charge in [-0.25, -0.2) is 0 Å². The molecule has 0 amide bonds. The molecule has 0 saturated heterocycles. The van der Waals surface area contributed by atoms with E-state index in [4.69, 9.17) is 11.0 Å². The number of nitrogens with zero attached hydrogens (tertiary/aromatic N) is 3. The zero-order valence-electron chi connectivity index (χ0n) is 11.2. The molecule has 0 fully saturated rings. The molecule has 1 heterocycles. The van der Waals surface area contributed by atoms with Crippen molar-refractivity contribution in [3.05, 3.63) is 44.4 Å². The van der Waals surface area contributed by atoms with Crippen LogP contribution in [0.5, 0.6) is 0 Å². The molecule has 0 radical (unpaired) electrons. The van der Waals surface area contributed by atoms with Gasteiger partial charge in [0.1, 0.15) is 6.07 Å². The number of nitriles is 1. The van der Waals surface area contributed by atoms with Crippen molar-refractivity contribution < 1.29 is 26.3 Å². The van der Waals surface area contributed by atoms with Gasteiger partial charge in [0.05, 0.1) is 10.5 Å². The number of nitrogens with two attached hydrogens (primary N) is 1. The van der Waals surface area contributed by atoms with Crippen LogP contribution in [0.1, 0.15) is 11.1 Å². The Morgan fingerprint density at radius 1 is 1.21 bits per heavy atom. The second kappa shape index (κ2) is 6.05. The van der Waals surface area contributed by atoms with Crippen molar-refractivity contribution in [2.45, 2.75) is 17.3 Å². The highest BCUT2D eigenvalue weighted by molar-refractivity contribution is 9.10. The first-order valence-corrected chi connectivity index (χ1v) is 7.49. The van der Waals surface area contributed by atoms with Crippen LogP contribution in [0.15, 0.2) is 43.5 Å². The molecule has 12 heteroatoms. The Bertz CT molecular complexity index is 779. The van der Waals surface area contributed by atoms with E-state index in [1.54, 1.807) is 0 Å². The van der Waals surface area contributed by atoms with Crippen molar-refractivity contribution in [1.29, 1.82) is 5.26 Å². The van der Waals surface area contributed by atoms with Crippen LogP contribution in [-0.4, -0.2) is 5.51 Å². The van der Waals surface area contributed by atoms with Crippen molar-refractivity contribution >= 4 is 27.7 Å². The first-order valence-electron chi connectivity index (χ1n) is 5.88. The lowest BCUT2D eigenvalue weighted by atomic mass is 9.98. The molecular formula is C12H5BrF6N4S. The molecule has 0 bridgehead atoms. The summed E-state index contributed by atoms with van der Waals surface area (Å²) in [5, 5.41) is 15.7. The molecular weight excluding hydrogens is 426 g/mol. The fourth-order valence-corrected chi connectivity index (χ4v) is 3.29. The molecule has 1 aliphatic heterocycles. The average Bonchev–Trinajstić information content (AvgIpc) is 2.73. The number of thioether (sulfide) groups is 1. The minimum atomic E-state index is -4.78. The number of azo groups is 1. The fraction of sp³-hybridized carbons (Fsp3) is 0.250. The molecule has 24 heavy (non-hydrogen) atoms. The van der Waals surface area contributed by atoms with E-state index >= 15 is 0 Å². The van der Waals surface area contributed by atoms with Crippen LogP contribution >= 0.6 is 27.7 Å². The van der Waals surface area contributed by atoms with E-state index in [9.17, 15) is 26.3 Å². The fourth-order valence-electron chi connectivity index (χ4n) is 1.89. The van der Waals surface area contributed by atoms with E-state index < -0.39 is 45.3 Å². The lowest BCUT2D eigenvalue weighted by molar-refractivity contribution is -0.137. The van der Waals surface area contributed by atoms with Crippen molar-refractivity contribution in [1.82, 2.24) is 0 Å². The second-order valence-electron chi connectivity index (χ2n) is 4.50. The van der Waals surface area contributed by atoms with E-state index in [1.165, 1.54) is 6.07 Å². The monoisotopic (exact) mass is 430 g/mol. The number of alkyl halides is 6. The summed E-state index contributed by atoms with van der Waals surface area (Å²) in [5.74, 6) is 0. The maximum absolute atomic E-state index is 12.7. The number of benzene rings is 1. The molecule has 2 N–H and O–H groups in total. The third-order valence-corrected chi connectivity index (χ3v) is 4.50. The minimum Gasteiger partial charge on any atom is -0.297 e. The van der Waals surface area contributed by atoms with E-state index in [2.05, 4.69) is 26.2 Å². The van der Waals surface area contributed by atoms with Crippen molar-refractivity contribution in [3.8, 4) is 6.07 Å². The highest BCUT2D eigenvalue weighted by Crippen LogP contribution is 2.50. The Hall–Kier alpha value is -1.58. The van der Waals surface area contributed by atoms with Crippen LogP contribution in [-0.2, 0) is 11.8 Å². The smallest absolute Gasteiger partial charge is 0.297 e. The summed E-state index contributed by atoms with van der Waals surface area (Å²) in [4.78, 5) is -0.710. The standard InChI is InChI=1S/C12H5BrF6N4S/c13-7-3-5(11(14,15)16)1-2-6(7)10(21)9(24-12(17,18)19)8(4-20)22-23-10/h1-3H,21H2. The molecule has 0 spiro atoms. The van der Waals surface area contributed by atoms with Crippen molar-refractivity contribution in [2.75, 3.05) is 0 Å². The summed E-state index contributed by atoms with van der Waals surface area (Å²) in [6.45, 7) is 0. The number of allylic oxidation sites excluding steroid dienone is 1. The van der Waals surface area contributed by atoms with Gasteiger partial charge in [-0.05, 0) is 23.9 Å². The van der Waals surface area contributed by atoms with Crippen LogP contribution < -0.4 is 5.73 Å². The van der Waals surface area contributed by atoms with Gasteiger partial charge in [-0.15, -0.1) is 5.11 Å². The molecule has 128 valence electrons. The lowest BCUT2D eigenvalue weighted by Gasteiger charge is -2.25. The van der Waals surface area contributed by atoms with Gasteiger partial charge < -0.3 is 0 Å². The normalized spacial score (nSPS) is 21.3. The van der Waals surface area contributed by atoms with Crippen LogP contribution in [0.2, 0.25) is 0 Å². The molecule has 1 aliphatic rings. The van der Waals surface area contributed by atoms with E-state index in [0.29, 0.717) is 12.1 Å². The summed E-state index contributed by atoms with van der Waals surface area (Å²) in [6.07, 6.45) is -4.64. The first kappa shape index (κ1) is 18.8. The second-order valence-corrected chi connectivity index (χ2v) is 6.43. The molecule has 1 aromatic rings. The van der Waals surface area contributed by atoms with Crippen LogP contribution in [0, 0.1) is 11.3 Å².